The molecule has 0 spiro atoms. The maximum absolute atomic E-state index is 12.9. The minimum absolute atomic E-state index is 0. The summed E-state index contributed by atoms with van der Waals surface area (Å²) in [6.45, 7) is 4.17. The van der Waals surface area contributed by atoms with Crippen molar-refractivity contribution in [2.24, 2.45) is 11.8 Å². The molecule has 0 aromatic carbocycles. The second kappa shape index (κ2) is 14.0. The number of carbonyl (C=O) groups excluding carboxylic acids is 3. The maximum Gasteiger partial charge on any atom is 0.519 e. The van der Waals surface area contributed by atoms with Gasteiger partial charge in [-0.25, -0.2) is 9.59 Å². The van der Waals surface area contributed by atoms with Gasteiger partial charge in [-0.2, -0.15) is 0 Å². The lowest BCUT2D eigenvalue weighted by molar-refractivity contribution is -0.150. The molecular weight excluding hydrogens is 478 g/mol. The summed E-state index contributed by atoms with van der Waals surface area (Å²) < 4.78 is 14.7. The molecule has 11 heteroatoms. The number of hydrogen-bond donors (Lipinski definition) is 2. The van der Waals surface area contributed by atoms with Crippen molar-refractivity contribution in [1.82, 2.24) is 15.5 Å². The first kappa shape index (κ1) is 28.5. The average Bonchev–Trinajstić information content (AvgIpc) is 3.17. The molecule has 2 fully saturated rings. The number of amides is 2. The normalized spacial score (nSPS) is 19.2. The number of terminal acetylenes is 1. The molecule has 3 rings (SSSR count). The zero-order valence-electron chi connectivity index (χ0n) is 20.0. The van der Waals surface area contributed by atoms with Crippen LogP contribution in [0.2, 0.25) is 0 Å². The van der Waals surface area contributed by atoms with Crippen molar-refractivity contribution in [3.8, 4) is 12.3 Å². The Morgan fingerprint density at radius 2 is 2.00 bits per heavy atom. The predicted octanol–water partition coefficient (Wildman–Crippen LogP) is 1.53. The third-order valence-corrected chi connectivity index (χ3v) is 6.47. The second-order valence-corrected chi connectivity index (χ2v) is 8.92. The van der Waals surface area contributed by atoms with Gasteiger partial charge >= 0.3 is 11.8 Å². The van der Waals surface area contributed by atoms with E-state index in [0.717, 1.165) is 38.8 Å². The molecule has 2 amide bonds. The van der Waals surface area contributed by atoms with Crippen LogP contribution in [-0.2, 0) is 25.7 Å². The first-order valence-electron chi connectivity index (χ1n) is 11.9. The van der Waals surface area contributed by atoms with Crippen molar-refractivity contribution in [3.63, 3.8) is 0 Å². The number of carbonyl (C=O) groups is 3. The fourth-order valence-corrected chi connectivity index (χ4v) is 4.42. The molecule has 0 saturated carbocycles. The Bertz CT molecular complexity index is 961. The predicted molar refractivity (Wildman–Crippen MR) is 129 cm³/mol. The van der Waals surface area contributed by atoms with Crippen molar-refractivity contribution in [2.45, 2.75) is 64.5 Å². The maximum atomic E-state index is 12.9. The molecule has 0 radical (unpaired) electrons. The van der Waals surface area contributed by atoms with Crippen LogP contribution in [0, 0.1) is 31.1 Å². The van der Waals surface area contributed by atoms with E-state index >= 15 is 0 Å². The number of halogens is 1. The Kier molecular flexibility index (Phi) is 11.3. The fraction of sp³-hybridized carbons (Fsp3) is 0.667. The highest BCUT2D eigenvalue weighted by molar-refractivity contribution is 5.87. The quantitative estimate of drug-likeness (QED) is 0.377. The number of esters is 1. The number of hydrogen-bond acceptors (Lipinski definition) is 8. The summed E-state index contributed by atoms with van der Waals surface area (Å²) in [6.07, 6.45) is 10.2. The summed E-state index contributed by atoms with van der Waals surface area (Å²) in [4.78, 5) is 51.0. The molecule has 2 aliphatic heterocycles. The molecule has 3 heterocycles. The van der Waals surface area contributed by atoms with Crippen molar-refractivity contribution in [1.29, 1.82) is 0 Å². The topological polar surface area (TPSA) is 131 Å². The van der Waals surface area contributed by atoms with Crippen LogP contribution in [0.4, 0.5) is 0 Å². The third kappa shape index (κ3) is 8.44. The van der Waals surface area contributed by atoms with Crippen molar-refractivity contribution in [2.75, 3.05) is 26.2 Å². The van der Waals surface area contributed by atoms with Gasteiger partial charge in [0, 0.05) is 25.9 Å². The average molecular weight is 512 g/mol. The molecule has 194 valence electrons. The summed E-state index contributed by atoms with van der Waals surface area (Å²) in [5.41, 5.74) is 0. The summed E-state index contributed by atoms with van der Waals surface area (Å²) in [5.74, 6) is 0.949. The van der Waals surface area contributed by atoms with Crippen LogP contribution >= 0.6 is 12.4 Å². The van der Waals surface area contributed by atoms with Gasteiger partial charge in [0.25, 0.3) is 0 Å². The van der Waals surface area contributed by atoms with Crippen molar-refractivity contribution in [3.05, 3.63) is 22.1 Å². The van der Waals surface area contributed by atoms with Crippen LogP contribution in [0.25, 0.3) is 0 Å². The zero-order valence-corrected chi connectivity index (χ0v) is 20.8. The van der Waals surface area contributed by atoms with E-state index in [4.69, 9.17) is 20.0 Å². The molecule has 2 saturated heterocycles. The second-order valence-electron chi connectivity index (χ2n) is 8.92. The van der Waals surface area contributed by atoms with Crippen LogP contribution in [0.3, 0.4) is 0 Å². The van der Waals surface area contributed by atoms with Crippen LogP contribution in [0.1, 0.15) is 56.5 Å². The van der Waals surface area contributed by atoms with E-state index < -0.39 is 23.8 Å². The highest BCUT2D eigenvalue weighted by Crippen LogP contribution is 2.22. The molecule has 0 unspecified atom stereocenters. The standard InChI is InChI=1S/C24H33N3O7.ClH/c1-3-5-19(23(30)32-15-20-16(2)33-24(31)34-20)26-22(29)18-6-4-13-27(14-18)21(28)8-7-17-9-11-25-12-10-17;/h1,17-19,25H,4-15H2,2H3,(H,26,29);1H/t18-,19-;/m1./s1. The smallest absolute Gasteiger partial charge is 0.456 e. The molecular formula is C24H34ClN3O7. The van der Waals surface area contributed by atoms with Crippen molar-refractivity contribution < 1.29 is 28.0 Å². The van der Waals surface area contributed by atoms with Gasteiger partial charge in [0.1, 0.15) is 6.04 Å². The van der Waals surface area contributed by atoms with E-state index in [1.807, 2.05) is 0 Å². The van der Waals surface area contributed by atoms with Crippen molar-refractivity contribution >= 4 is 30.2 Å². The van der Waals surface area contributed by atoms with Gasteiger partial charge in [0.15, 0.2) is 18.1 Å². The lowest BCUT2D eigenvalue weighted by Crippen LogP contribution is -2.49. The Morgan fingerprint density at radius 1 is 1.26 bits per heavy atom. The summed E-state index contributed by atoms with van der Waals surface area (Å²) in [7, 11) is 0. The van der Waals surface area contributed by atoms with Gasteiger partial charge in [-0.15, -0.1) is 24.8 Å². The monoisotopic (exact) mass is 511 g/mol. The molecule has 1 aromatic heterocycles. The van der Waals surface area contributed by atoms with E-state index in [9.17, 15) is 19.2 Å². The van der Waals surface area contributed by atoms with E-state index in [2.05, 4.69) is 16.6 Å². The van der Waals surface area contributed by atoms with Gasteiger partial charge in [0.2, 0.25) is 11.8 Å². The number of rotatable bonds is 9. The summed E-state index contributed by atoms with van der Waals surface area (Å²) in [5, 5.41) is 6.00. The molecule has 2 N–H and O–H groups in total. The highest BCUT2D eigenvalue weighted by Gasteiger charge is 2.31. The number of nitrogens with zero attached hydrogens (tertiary/aromatic N) is 1. The number of ether oxygens (including phenoxy) is 1. The Morgan fingerprint density at radius 3 is 2.66 bits per heavy atom. The molecule has 2 atom stereocenters. The zero-order chi connectivity index (χ0) is 24.5. The molecule has 35 heavy (non-hydrogen) atoms. The minimum Gasteiger partial charge on any atom is -0.456 e. The number of aryl methyl sites for hydroxylation is 1. The van der Waals surface area contributed by atoms with Gasteiger partial charge in [-0.05, 0) is 58.0 Å². The molecule has 1 aromatic rings. The summed E-state index contributed by atoms with van der Waals surface area (Å²) >= 11 is 0. The number of piperidine rings is 2. The molecule has 10 nitrogen and oxygen atoms in total. The Balaban J connectivity index is 0.00000432. The lowest BCUT2D eigenvalue weighted by Gasteiger charge is -2.33. The van der Waals surface area contributed by atoms with E-state index in [1.165, 1.54) is 6.92 Å². The fourth-order valence-electron chi connectivity index (χ4n) is 4.42. The lowest BCUT2D eigenvalue weighted by atomic mass is 9.92. The highest BCUT2D eigenvalue weighted by atomic mass is 35.5. The SMILES string of the molecule is C#CC[C@@H](NC(=O)[C@@H]1CCCN(C(=O)CCC2CCNCC2)C1)C(=O)OCc1oc(=O)oc1C.Cl. The van der Waals surface area contributed by atoms with Gasteiger partial charge in [-0.3, -0.25) is 9.59 Å². The van der Waals surface area contributed by atoms with Gasteiger partial charge < -0.3 is 29.1 Å². The first-order chi connectivity index (χ1) is 16.4. The third-order valence-electron chi connectivity index (χ3n) is 6.47. The largest absolute Gasteiger partial charge is 0.519 e. The van der Waals surface area contributed by atoms with E-state index in [1.54, 1.807) is 4.90 Å². The van der Waals surface area contributed by atoms with Gasteiger partial charge in [-0.1, -0.05) is 0 Å². The van der Waals surface area contributed by atoms with Crippen LogP contribution in [0.15, 0.2) is 13.6 Å². The van der Waals surface area contributed by atoms with Crippen LogP contribution in [-0.4, -0.2) is 54.9 Å². The van der Waals surface area contributed by atoms with E-state index in [0.29, 0.717) is 31.8 Å². The molecule has 0 aliphatic carbocycles. The first-order valence-corrected chi connectivity index (χ1v) is 11.9. The minimum atomic E-state index is -1.04. The van der Waals surface area contributed by atoms with E-state index in [-0.39, 0.29) is 48.8 Å². The van der Waals surface area contributed by atoms with Crippen LogP contribution in [0.5, 0.6) is 0 Å². The molecule has 0 bridgehead atoms. The Hall–Kier alpha value is -2.77. The van der Waals surface area contributed by atoms with Crippen LogP contribution < -0.4 is 16.5 Å². The Labute approximate surface area is 210 Å². The molecule has 2 aliphatic rings. The number of nitrogens with one attached hydrogen (secondary N) is 2. The van der Waals surface area contributed by atoms with Gasteiger partial charge in [0.05, 0.1) is 5.92 Å². The number of likely N-dealkylation sites (tertiary alicyclic amines) is 1. The summed E-state index contributed by atoms with van der Waals surface area (Å²) in [6, 6.07) is -1.04.